The minimum atomic E-state index is 0.0875. The van der Waals surface area contributed by atoms with Gasteiger partial charge in [0.15, 0.2) is 0 Å². The Bertz CT molecular complexity index is 839. The van der Waals surface area contributed by atoms with Crippen molar-refractivity contribution in [3.05, 3.63) is 58.8 Å². The first-order valence-corrected chi connectivity index (χ1v) is 8.97. The number of aromatic nitrogens is 2. The fraction of sp³-hybridized carbons (Fsp3) is 0.263. The summed E-state index contributed by atoms with van der Waals surface area (Å²) in [5, 5.41) is 2.93. The second kappa shape index (κ2) is 7.62. The maximum Gasteiger partial charge on any atom is 0.220 e. The summed E-state index contributed by atoms with van der Waals surface area (Å²) in [7, 11) is 0. The van der Waals surface area contributed by atoms with E-state index in [-0.39, 0.29) is 5.91 Å². The Labute approximate surface area is 150 Å². The topological polar surface area (TPSA) is 46.4 Å². The van der Waals surface area contributed by atoms with Crippen LogP contribution < -0.4 is 5.32 Å². The van der Waals surface area contributed by atoms with Gasteiger partial charge in [0.05, 0.1) is 11.4 Å². The van der Waals surface area contributed by atoms with Crippen molar-refractivity contribution in [2.75, 3.05) is 6.54 Å². The number of hydrogen-bond donors (Lipinski definition) is 1. The van der Waals surface area contributed by atoms with Crippen molar-refractivity contribution in [2.24, 2.45) is 0 Å². The average Bonchev–Trinajstić information content (AvgIpc) is 2.97. The summed E-state index contributed by atoms with van der Waals surface area (Å²) >= 11 is 3.47. The number of pyridine rings is 1. The zero-order valence-electron chi connectivity index (χ0n) is 13.6. The van der Waals surface area contributed by atoms with E-state index in [1.54, 1.807) is 0 Å². The summed E-state index contributed by atoms with van der Waals surface area (Å²) in [5.74, 6) is 0.0875. The standard InChI is InChI=1S/C19H20BrN3O/c1-2-12-21-18(24)11-10-16-19(14-6-8-15(20)9-7-14)22-17-5-3-4-13-23(16)17/h3-9,13H,2,10-12H2,1H3,(H,21,24). The lowest BCUT2D eigenvalue weighted by atomic mass is 10.1. The molecule has 0 saturated carbocycles. The number of aryl methyl sites for hydroxylation is 1. The van der Waals surface area contributed by atoms with Crippen molar-refractivity contribution in [1.29, 1.82) is 0 Å². The Morgan fingerprint density at radius 1 is 1.21 bits per heavy atom. The van der Waals surface area contributed by atoms with Crippen molar-refractivity contribution in [3.8, 4) is 11.3 Å². The molecule has 5 heteroatoms. The Morgan fingerprint density at radius 2 is 2.00 bits per heavy atom. The molecule has 0 spiro atoms. The molecule has 0 aliphatic rings. The number of nitrogens with zero attached hydrogens (tertiary/aromatic N) is 2. The van der Waals surface area contributed by atoms with E-state index >= 15 is 0 Å². The molecule has 3 aromatic rings. The van der Waals surface area contributed by atoms with Crippen LogP contribution in [0.2, 0.25) is 0 Å². The molecule has 0 atom stereocenters. The van der Waals surface area contributed by atoms with Crippen LogP contribution >= 0.6 is 15.9 Å². The molecule has 2 heterocycles. The zero-order chi connectivity index (χ0) is 16.9. The monoisotopic (exact) mass is 385 g/mol. The van der Waals surface area contributed by atoms with E-state index in [1.807, 2.05) is 48.7 Å². The predicted molar refractivity (Wildman–Crippen MR) is 99.9 cm³/mol. The van der Waals surface area contributed by atoms with E-state index in [2.05, 4.69) is 32.6 Å². The SMILES string of the molecule is CCCNC(=O)CCc1c(-c2ccc(Br)cc2)nc2ccccn12. The molecule has 4 nitrogen and oxygen atoms in total. The van der Waals surface area contributed by atoms with Crippen LogP contribution in [-0.4, -0.2) is 21.8 Å². The molecule has 0 aliphatic heterocycles. The van der Waals surface area contributed by atoms with E-state index < -0.39 is 0 Å². The summed E-state index contributed by atoms with van der Waals surface area (Å²) in [6.45, 7) is 2.78. The van der Waals surface area contributed by atoms with E-state index in [0.717, 1.165) is 40.0 Å². The molecular weight excluding hydrogens is 366 g/mol. The molecule has 24 heavy (non-hydrogen) atoms. The van der Waals surface area contributed by atoms with Gasteiger partial charge in [-0.05, 0) is 37.1 Å². The molecule has 0 bridgehead atoms. The lowest BCUT2D eigenvalue weighted by Gasteiger charge is -2.06. The minimum Gasteiger partial charge on any atom is -0.356 e. The highest BCUT2D eigenvalue weighted by molar-refractivity contribution is 9.10. The summed E-state index contributed by atoms with van der Waals surface area (Å²) < 4.78 is 3.11. The fourth-order valence-electron chi connectivity index (χ4n) is 2.71. The van der Waals surface area contributed by atoms with Crippen molar-refractivity contribution in [3.63, 3.8) is 0 Å². The minimum absolute atomic E-state index is 0.0875. The number of rotatable bonds is 6. The van der Waals surface area contributed by atoms with Gasteiger partial charge in [-0.15, -0.1) is 0 Å². The van der Waals surface area contributed by atoms with Crippen molar-refractivity contribution in [2.45, 2.75) is 26.2 Å². The Kier molecular flexibility index (Phi) is 5.30. The van der Waals surface area contributed by atoms with Gasteiger partial charge in [-0.2, -0.15) is 0 Å². The number of fused-ring (bicyclic) bond motifs is 1. The maximum absolute atomic E-state index is 12.0. The first-order chi connectivity index (χ1) is 11.7. The van der Waals surface area contributed by atoms with E-state index in [4.69, 9.17) is 4.98 Å². The normalized spacial score (nSPS) is 10.9. The summed E-state index contributed by atoms with van der Waals surface area (Å²) in [5.41, 5.74) is 3.97. The number of carbonyl (C=O) groups excluding carboxylic acids is 1. The molecule has 0 aliphatic carbocycles. The number of hydrogen-bond acceptors (Lipinski definition) is 2. The first kappa shape index (κ1) is 16.7. The number of imidazole rings is 1. The predicted octanol–water partition coefficient (Wildman–Crippen LogP) is 4.22. The van der Waals surface area contributed by atoms with Crippen molar-refractivity contribution < 1.29 is 4.79 Å². The average molecular weight is 386 g/mol. The number of halogens is 1. The lowest BCUT2D eigenvalue weighted by molar-refractivity contribution is -0.121. The van der Waals surface area contributed by atoms with Crippen LogP contribution in [0, 0.1) is 0 Å². The third kappa shape index (κ3) is 3.67. The molecular formula is C19H20BrN3O. The van der Waals surface area contributed by atoms with Gasteiger partial charge < -0.3 is 9.72 Å². The second-order valence-corrected chi connectivity index (χ2v) is 6.61. The van der Waals surface area contributed by atoms with Crippen LogP contribution in [0.5, 0.6) is 0 Å². The van der Waals surface area contributed by atoms with Gasteiger partial charge in [0.1, 0.15) is 5.65 Å². The van der Waals surface area contributed by atoms with Gasteiger partial charge in [0.25, 0.3) is 0 Å². The van der Waals surface area contributed by atoms with Gasteiger partial charge in [0.2, 0.25) is 5.91 Å². The van der Waals surface area contributed by atoms with Crippen LogP contribution in [0.3, 0.4) is 0 Å². The van der Waals surface area contributed by atoms with E-state index in [9.17, 15) is 4.79 Å². The number of nitrogens with one attached hydrogen (secondary N) is 1. The molecule has 124 valence electrons. The van der Waals surface area contributed by atoms with Crippen LogP contribution in [0.15, 0.2) is 53.1 Å². The summed E-state index contributed by atoms with van der Waals surface area (Å²) in [4.78, 5) is 16.7. The highest BCUT2D eigenvalue weighted by atomic mass is 79.9. The smallest absolute Gasteiger partial charge is 0.220 e. The summed E-state index contributed by atoms with van der Waals surface area (Å²) in [6.07, 6.45) is 4.08. The molecule has 1 aromatic carbocycles. The highest BCUT2D eigenvalue weighted by Crippen LogP contribution is 2.26. The van der Waals surface area contributed by atoms with Crippen LogP contribution in [-0.2, 0) is 11.2 Å². The van der Waals surface area contributed by atoms with Crippen LogP contribution in [0.1, 0.15) is 25.5 Å². The van der Waals surface area contributed by atoms with Gasteiger partial charge in [-0.1, -0.05) is 41.1 Å². The van der Waals surface area contributed by atoms with Gasteiger partial charge in [-0.25, -0.2) is 4.98 Å². The summed E-state index contributed by atoms with van der Waals surface area (Å²) in [6, 6.07) is 14.1. The van der Waals surface area contributed by atoms with E-state index in [0.29, 0.717) is 12.8 Å². The number of benzene rings is 1. The number of carbonyl (C=O) groups is 1. The quantitative estimate of drug-likeness (QED) is 0.690. The Hall–Kier alpha value is -2.14. The van der Waals surface area contributed by atoms with Gasteiger partial charge >= 0.3 is 0 Å². The van der Waals surface area contributed by atoms with Crippen LogP contribution in [0.4, 0.5) is 0 Å². The van der Waals surface area contributed by atoms with E-state index in [1.165, 1.54) is 0 Å². The fourth-order valence-corrected chi connectivity index (χ4v) is 2.97. The molecule has 2 aromatic heterocycles. The van der Waals surface area contributed by atoms with Gasteiger partial charge in [-0.3, -0.25) is 4.79 Å². The molecule has 1 amide bonds. The third-order valence-electron chi connectivity index (χ3n) is 3.91. The maximum atomic E-state index is 12.0. The highest BCUT2D eigenvalue weighted by Gasteiger charge is 2.15. The molecule has 0 radical (unpaired) electrons. The lowest BCUT2D eigenvalue weighted by Crippen LogP contribution is -2.24. The van der Waals surface area contributed by atoms with Crippen LogP contribution in [0.25, 0.3) is 16.9 Å². The largest absolute Gasteiger partial charge is 0.356 e. The molecule has 0 fully saturated rings. The van der Waals surface area contributed by atoms with Crippen molar-refractivity contribution in [1.82, 2.24) is 14.7 Å². The number of amides is 1. The molecule has 3 rings (SSSR count). The molecule has 0 unspecified atom stereocenters. The Morgan fingerprint density at radius 3 is 2.75 bits per heavy atom. The Balaban J connectivity index is 1.93. The first-order valence-electron chi connectivity index (χ1n) is 8.17. The zero-order valence-corrected chi connectivity index (χ0v) is 15.2. The van der Waals surface area contributed by atoms with Crippen molar-refractivity contribution >= 4 is 27.5 Å². The molecule has 1 N–H and O–H groups in total. The third-order valence-corrected chi connectivity index (χ3v) is 4.44. The second-order valence-electron chi connectivity index (χ2n) is 5.69. The van der Waals surface area contributed by atoms with Gasteiger partial charge in [0, 0.05) is 29.2 Å². The molecule has 0 saturated heterocycles.